The molecule has 1 unspecified atom stereocenters. The Morgan fingerprint density at radius 2 is 1.97 bits per heavy atom. The van der Waals surface area contributed by atoms with Crippen LogP contribution >= 0.6 is 0 Å². The molecule has 9 nitrogen and oxygen atoms in total. The summed E-state index contributed by atoms with van der Waals surface area (Å²) in [6.07, 6.45) is 2.41. The number of nitrogens with zero attached hydrogens (tertiary/aromatic N) is 3. The van der Waals surface area contributed by atoms with Crippen LogP contribution in [-0.4, -0.2) is 59.8 Å². The molecule has 2 fully saturated rings. The molecule has 5 rings (SSSR count). The molecule has 32 heavy (non-hydrogen) atoms. The molecule has 1 atom stereocenters. The average molecular weight is 435 g/mol. The van der Waals surface area contributed by atoms with E-state index in [2.05, 4.69) is 31.9 Å². The van der Waals surface area contributed by atoms with Crippen molar-refractivity contribution in [2.75, 3.05) is 36.4 Å². The first-order valence-corrected chi connectivity index (χ1v) is 11.0. The van der Waals surface area contributed by atoms with Crippen LogP contribution in [0.3, 0.4) is 0 Å². The fraction of sp³-hybridized carbons (Fsp3) is 0.391. The normalized spacial score (nSPS) is 20.9. The zero-order chi connectivity index (χ0) is 22.1. The van der Waals surface area contributed by atoms with E-state index in [1.54, 1.807) is 11.1 Å². The third kappa shape index (κ3) is 3.91. The molecule has 3 aliphatic heterocycles. The van der Waals surface area contributed by atoms with Crippen molar-refractivity contribution in [2.45, 2.75) is 32.0 Å². The first-order valence-electron chi connectivity index (χ1n) is 11.0. The van der Waals surface area contributed by atoms with Gasteiger partial charge in [-0.25, -0.2) is 4.98 Å². The minimum absolute atomic E-state index is 0.153. The predicted octanol–water partition coefficient (Wildman–Crippen LogP) is 0.864. The van der Waals surface area contributed by atoms with Crippen LogP contribution in [0.1, 0.15) is 34.3 Å². The number of fused-ring (bicyclic) bond motifs is 1. The number of aromatic nitrogens is 1. The SMILES string of the molecule is O=C1CCC(N2Cc3cc(CNc4ncccc4N4CCNCC4)ccc3C2=O)C(=O)N1. The second kappa shape index (κ2) is 8.58. The van der Waals surface area contributed by atoms with Gasteiger partial charge in [-0.2, -0.15) is 0 Å². The molecule has 3 amide bonds. The summed E-state index contributed by atoms with van der Waals surface area (Å²) >= 11 is 0. The minimum atomic E-state index is -0.593. The number of piperidine rings is 1. The third-order valence-corrected chi connectivity index (χ3v) is 6.29. The number of carbonyl (C=O) groups is 3. The van der Waals surface area contributed by atoms with E-state index in [0.717, 1.165) is 48.8 Å². The molecule has 2 aromatic rings. The summed E-state index contributed by atoms with van der Waals surface area (Å²) in [7, 11) is 0. The Kier molecular flexibility index (Phi) is 5.48. The lowest BCUT2D eigenvalue weighted by Gasteiger charge is -2.30. The standard InChI is InChI=1S/C23H26N6O3/c30-20-6-5-19(22(31)27-20)29-14-16-12-15(3-4-17(16)23(29)32)13-26-21-18(2-1-7-25-21)28-10-8-24-9-11-28/h1-4,7,12,19,24H,5-6,8-11,13-14H2,(H,25,26)(H,27,30,31). The van der Waals surface area contributed by atoms with Gasteiger partial charge in [-0.15, -0.1) is 0 Å². The van der Waals surface area contributed by atoms with Gasteiger partial charge >= 0.3 is 0 Å². The fourth-order valence-electron chi connectivity index (χ4n) is 4.62. The van der Waals surface area contributed by atoms with Crippen LogP contribution < -0.4 is 20.9 Å². The largest absolute Gasteiger partial charge is 0.366 e. The van der Waals surface area contributed by atoms with Crippen LogP contribution in [0, 0.1) is 0 Å². The van der Waals surface area contributed by atoms with Crippen molar-refractivity contribution in [3.63, 3.8) is 0 Å². The maximum Gasteiger partial charge on any atom is 0.255 e. The summed E-state index contributed by atoms with van der Waals surface area (Å²) in [5, 5.41) is 9.15. The van der Waals surface area contributed by atoms with Crippen molar-refractivity contribution < 1.29 is 14.4 Å². The molecule has 0 bridgehead atoms. The highest BCUT2D eigenvalue weighted by molar-refractivity contribution is 6.05. The van der Waals surface area contributed by atoms with Crippen LogP contribution in [0.2, 0.25) is 0 Å². The third-order valence-electron chi connectivity index (χ3n) is 6.29. The van der Waals surface area contributed by atoms with Gasteiger partial charge in [0.15, 0.2) is 0 Å². The Morgan fingerprint density at radius 1 is 1.12 bits per heavy atom. The van der Waals surface area contributed by atoms with E-state index in [1.165, 1.54) is 0 Å². The lowest BCUT2D eigenvalue weighted by atomic mass is 10.0. The molecule has 0 radical (unpaired) electrons. The van der Waals surface area contributed by atoms with Crippen molar-refractivity contribution >= 4 is 29.2 Å². The minimum Gasteiger partial charge on any atom is -0.366 e. The molecule has 0 aliphatic carbocycles. The number of nitrogens with one attached hydrogen (secondary N) is 3. The van der Waals surface area contributed by atoms with Gasteiger partial charge in [0, 0.05) is 57.4 Å². The van der Waals surface area contributed by atoms with Crippen LogP contribution in [0.4, 0.5) is 11.5 Å². The Balaban J connectivity index is 1.28. The molecule has 1 aromatic carbocycles. The Morgan fingerprint density at radius 3 is 2.78 bits per heavy atom. The first-order chi connectivity index (χ1) is 15.6. The van der Waals surface area contributed by atoms with Gasteiger partial charge in [-0.3, -0.25) is 19.7 Å². The van der Waals surface area contributed by atoms with Crippen molar-refractivity contribution in [3.05, 3.63) is 53.2 Å². The van der Waals surface area contributed by atoms with Crippen LogP contribution in [0.5, 0.6) is 0 Å². The molecule has 166 valence electrons. The Labute approximate surface area is 186 Å². The molecule has 9 heteroatoms. The molecule has 2 saturated heterocycles. The number of anilines is 2. The number of hydrogen-bond donors (Lipinski definition) is 3. The van der Waals surface area contributed by atoms with Crippen molar-refractivity contribution in [1.82, 2.24) is 20.5 Å². The van der Waals surface area contributed by atoms with Crippen LogP contribution in [-0.2, 0) is 22.7 Å². The monoisotopic (exact) mass is 434 g/mol. The van der Waals surface area contributed by atoms with E-state index >= 15 is 0 Å². The number of piperazine rings is 1. The van der Waals surface area contributed by atoms with E-state index in [9.17, 15) is 14.4 Å². The summed E-state index contributed by atoms with van der Waals surface area (Å²) < 4.78 is 0. The number of benzene rings is 1. The topological polar surface area (TPSA) is 107 Å². The van der Waals surface area contributed by atoms with E-state index in [-0.39, 0.29) is 24.1 Å². The van der Waals surface area contributed by atoms with Gasteiger partial charge in [0.2, 0.25) is 11.8 Å². The Bertz CT molecular complexity index is 1070. The van der Waals surface area contributed by atoms with E-state index < -0.39 is 6.04 Å². The molecular weight excluding hydrogens is 408 g/mol. The highest BCUT2D eigenvalue weighted by Crippen LogP contribution is 2.29. The number of hydrogen-bond acceptors (Lipinski definition) is 7. The molecule has 0 spiro atoms. The van der Waals surface area contributed by atoms with Gasteiger partial charge in [0.25, 0.3) is 5.91 Å². The lowest BCUT2D eigenvalue weighted by molar-refractivity contribution is -0.136. The molecular formula is C23H26N6O3. The average Bonchev–Trinajstić information content (AvgIpc) is 3.14. The predicted molar refractivity (Wildman–Crippen MR) is 119 cm³/mol. The lowest BCUT2D eigenvalue weighted by Crippen LogP contribution is -2.52. The first kappa shape index (κ1) is 20.4. The Hall–Kier alpha value is -3.46. The maximum absolute atomic E-state index is 12.9. The zero-order valence-corrected chi connectivity index (χ0v) is 17.8. The second-order valence-electron chi connectivity index (χ2n) is 8.35. The molecule has 1 aromatic heterocycles. The fourth-order valence-corrected chi connectivity index (χ4v) is 4.62. The summed E-state index contributed by atoms with van der Waals surface area (Å²) in [4.78, 5) is 45.0. The van der Waals surface area contributed by atoms with Gasteiger partial charge in [-0.1, -0.05) is 12.1 Å². The number of amides is 3. The number of imide groups is 1. The van der Waals surface area contributed by atoms with Crippen LogP contribution in [0.25, 0.3) is 0 Å². The van der Waals surface area contributed by atoms with E-state index in [4.69, 9.17) is 0 Å². The summed E-state index contributed by atoms with van der Waals surface area (Å²) in [5.74, 6) is 0.0224. The number of pyridine rings is 1. The second-order valence-corrected chi connectivity index (χ2v) is 8.35. The smallest absolute Gasteiger partial charge is 0.255 e. The van der Waals surface area contributed by atoms with Crippen molar-refractivity contribution in [3.8, 4) is 0 Å². The number of rotatable bonds is 5. The molecule has 3 N–H and O–H groups in total. The zero-order valence-electron chi connectivity index (χ0n) is 17.8. The summed E-state index contributed by atoms with van der Waals surface area (Å²) in [5.41, 5.74) is 3.66. The van der Waals surface area contributed by atoms with Gasteiger partial charge in [0.1, 0.15) is 11.9 Å². The van der Waals surface area contributed by atoms with E-state index in [1.807, 2.05) is 24.3 Å². The van der Waals surface area contributed by atoms with Gasteiger partial charge < -0.3 is 20.4 Å². The van der Waals surface area contributed by atoms with E-state index in [0.29, 0.717) is 25.1 Å². The van der Waals surface area contributed by atoms with Gasteiger partial charge in [-0.05, 0) is 35.7 Å². The summed E-state index contributed by atoms with van der Waals surface area (Å²) in [6, 6.07) is 9.22. The van der Waals surface area contributed by atoms with Crippen molar-refractivity contribution in [2.24, 2.45) is 0 Å². The molecule has 4 heterocycles. The highest BCUT2D eigenvalue weighted by atomic mass is 16.2. The van der Waals surface area contributed by atoms with Crippen LogP contribution in [0.15, 0.2) is 36.5 Å². The molecule has 0 saturated carbocycles. The molecule has 3 aliphatic rings. The number of carbonyl (C=O) groups excluding carboxylic acids is 3. The van der Waals surface area contributed by atoms with Gasteiger partial charge in [0.05, 0.1) is 5.69 Å². The highest BCUT2D eigenvalue weighted by Gasteiger charge is 2.39. The summed E-state index contributed by atoms with van der Waals surface area (Å²) in [6.45, 7) is 4.75. The maximum atomic E-state index is 12.9. The van der Waals surface area contributed by atoms with Crippen molar-refractivity contribution in [1.29, 1.82) is 0 Å². The quantitative estimate of drug-likeness (QED) is 0.600.